The minimum Gasteiger partial charge on any atom is -0.598 e. The number of fused-ring (bicyclic) bond motifs is 1. The minimum atomic E-state index is -4.61. The van der Waals surface area contributed by atoms with Crippen molar-refractivity contribution in [2.45, 2.75) is 128 Å². The van der Waals surface area contributed by atoms with Gasteiger partial charge in [-0.25, -0.2) is 9.78 Å². The van der Waals surface area contributed by atoms with Gasteiger partial charge in [0.25, 0.3) is 0 Å². The van der Waals surface area contributed by atoms with E-state index in [1.807, 2.05) is 27.7 Å². The number of halogens is 3. The van der Waals surface area contributed by atoms with Gasteiger partial charge in [-0.2, -0.15) is 13.2 Å². The maximum Gasteiger partial charge on any atom is 0.416 e. The van der Waals surface area contributed by atoms with Crippen molar-refractivity contribution in [3.05, 3.63) is 29.6 Å². The molecular formula is C33H54F3N5O4SSi. The lowest BCUT2D eigenvalue weighted by Gasteiger charge is -2.32. The maximum absolute atomic E-state index is 13.8. The summed E-state index contributed by atoms with van der Waals surface area (Å²) in [6, 6.07) is 5.84. The van der Waals surface area contributed by atoms with E-state index in [0.29, 0.717) is 36.3 Å². The average Bonchev–Trinajstić information content (AvgIpc) is 3.60. The Balaban J connectivity index is 1.76. The number of hydrogen-bond acceptors (Lipinski definition) is 6. The van der Waals surface area contributed by atoms with E-state index in [-0.39, 0.29) is 24.8 Å². The lowest BCUT2D eigenvalue weighted by atomic mass is 9.99. The number of aromatic nitrogens is 2. The van der Waals surface area contributed by atoms with Crippen LogP contribution in [-0.4, -0.2) is 75.4 Å². The van der Waals surface area contributed by atoms with Crippen LogP contribution in [0.25, 0.3) is 11.0 Å². The molecule has 0 unspecified atom stereocenters. The number of rotatable bonds is 15. The molecule has 1 saturated carbocycles. The third kappa shape index (κ3) is 9.44. The van der Waals surface area contributed by atoms with E-state index < -0.39 is 48.6 Å². The Bertz CT molecular complexity index is 1390. The van der Waals surface area contributed by atoms with Crippen molar-refractivity contribution in [1.29, 1.82) is 0 Å². The van der Waals surface area contributed by atoms with Crippen molar-refractivity contribution in [3.8, 4) is 0 Å². The van der Waals surface area contributed by atoms with Crippen LogP contribution in [0.3, 0.4) is 0 Å². The molecular weight excluding hydrogens is 648 g/mol. The van der Waals surface area contributed by atoms with Crippen LogP contribution >= 0.6 is 0 Å². The quantitative estimate of drug-likeness (QED) is 0.115. The van der Waals surface area contributed by atoms with Gasteiger partial charge in [-0.15, -0.1) is 4.72 Å². The van der Waals surface area contributed by atoms with E-state index in [4.69, 9.17) is 14.5 Å². The highest BCUT2D eigenvalue weighted by molar-refractivity contribution is 7.90. The second-order valence-corrected chi connectivity index (χ2v) is 23.7. The van der Waals surface area contributed by atoms with E-state index in [2.05, 4.69) is 43.5 Å². The van der Waals surface area contributed by atoms with Crippen molar-refractivity contribution < 1.29 is 32.0 Å². The molecule has 0 spiro atoms. The molecule has 2 aliphatic rings. The Morgan fingerprint density at radius 2 is 1.81 bits per heavy atom. The number of nitrogens with one attached hydrogen (secondary N) is 2. The third-order valence-corrected chi connectivity index (χ3v) is 12.3. The Morgan fingerprint density at radius 3 is 2.34 bits per heavy atom. The zero-order chi connectivity index (χ0) is 35.1. The van der Waals surface area contributed by atoms with Gasteiger partial charge < -0.3 is 28.8 Å². The van der Waals surface area contributed by atoms with Crippen LogP contribution in [0.5, 0.6) is 0 Å². The molecule has 2 amide bonds. The largest absolute Gasteiger partial charge is 0.598 e. The molecule has 14 heteroatoms. The molecule has 0 bridgehead atoms. The van der Waals surface area contributed by atoms with Crippen LogP contribution in [0.2, 0.25) is 25.7 Å². The number of hydrogen-bond donors (Lipinski definition) is 2. The van der Waals surface area contributed by atoms with Gasteiger partial charge in [0.2, 0.25) is 0 Å². The highest BCUT2D eigenvalue weighted by Crippen LogP contribution is 2.46. The molecule has 266 valence electrons. The number of carbonyl (C=O) groups is 1. The number of amides is 2. The summed E-state index contributed by atoms with van der Waals surface area (Å²) in [6.07, 6.45) is -2.55. The van der Waals surface area contributed by atoms with Crippen LogP contribution in [0, 0.1) is 11.8 Å². The number of ether oxygens (including phenoxy) is 2. The predicted octanol–water partition coefficient (Wildman–Crippen LogP) is 7.30. The van der Waals surface area contributed by atoms with Gasteiger partial charge >= 0.3 is 12.2 Å². The smallest absolute Gasteiger partial charge is 0.416 e. The van der Waals surface area contributed by atoms with Gasteiger partial charge in [0.1, 0.15) is 23.3 Å². The Kier molecular flexibility index (Phi) is 11.5. The van der Waals surface area contributed by atoms with Crippen LogP contribution in [0.4, 0.5) is 18.0 Å². The van der Waals surface area contributed by atoms with Crippen molar-refractivity contribution in [3.63, 3.8) is 0 Å². The molecule has 0 radical (unpaired) electrons. The lowest BCUT2D eigenvalue weighted by Crippen LogP contribution is -2.47. The fraction of sp³-hybridized carbons (Fsp3) is 0.758. The monoisotopic (exact) mass is 701 g/mol. The highest BCUT2D eigenvalue weighted by Gasteiger charge is 2.49. The summed E-state index contributed by atoms with van der Waals surface area (Å²) >= 11 is -1.64. The summed E-state index contributed by atoms with van der Waals surface area (Å²) in [4.78, 5) is 20.0. The molecule has 1 aliphatic heterocycles. The maximum atomic E-state index is 13.8. The molecule has 47 heavy (non-hydrogen) atoms. The molecule has 2 heterocycles. The molecule has 4 atom stereocenters. The van der Waals surface area contributed by atoms with E-state index >= 15 is 0 Å². The number of imidazole rings is 1. The zero-order valence-electron chi connectivity index (χ0n) is 29.6. The normalized spacial score (nSPS) is 20.3. The molecule has 2 N–H and O–H groups in total. The second kappa shape index (κ2) is 14.2. The zero-order valence-corrected chi connectivity index (χ0v) is 31.4. The summed E-state index contributed by atoms with van der Waals surface area (Å²) in [5.41, 5.74) is -0.107. The molecule has 4 rings (SSSR count). The fourth-order valence-corrected chi connectivity index (χ4v) is 6.99. The predicted molar refractivity (Wildman–Crippen MR) is 183 cm³/mol. The van der Waals surface area contributed by atoms with E-state index in [1.165, 1.54) is 0 Å². The fourth-order valence-electron chi connectivity index (χ4n) is 5.44. The van der Waals surface area contributed by atoms with Crippen molar-refractivity contribution in [2.75, 3.05) is 19.8 Å². The molecule has 2 aromatic rings. The first-order valence-electron chi connectivity index (χ1n) is 16.6. The van der Waals surface area contributed by atoms with Crippen molar-refractivity contribution in [2.24, 2.45) is 11.8 Å². The topological polar surface area (TPSA) is 104 Å². The number of carbonyl (C=O) groups excluding carboxylic acids is 1. The van der Waals surface area contributed by atoms with Gasteiger partial charge in [0, 0.05) is 32.6 Å². The summed E-state index contributed by atoms with van der Waals surface area (Å²) in [5.74, 6) is 1.03. The van der Waals surface area contributed by atoms with E-state index in [0.717, 1.165) is 43.8 Å². The Hall–Kier alpha value is -1.84. The molecule has 1 aliphatic carbocycles. The van der Waals surface area contributed by atoms with Crippen LogP contribution in [0.15, 0.2) is 18.2 Å². The summed E-state index contributed by atoms with van der Waals surface area (Å²) in [6.45, 7) is 19.2. The van der Waals surface area contributed by atoms with E-state index in [1.54, 1.807) is 20.8 Å². The first-order chi connectivity index (χ1) is 21.6. The molecule has 1 aromatic heterocycles. The molecule has 1 saturated heterocycles. The lowest BCUT2D eigenvalue weighted by molar-refractivity contribution is -0.265. The minimum absolute atomic E-state index is 0.0685. The first-order valence-corrected chi connectivity index (χ1v) is 21.5. The molecule has 2 fully saturated rings. The number of alkyl halides is 3. The highest BCUT2D eigenvalue weighted by atomic mass is 32.2. The number of nitrogens with zero attached hydrogens (tertiary/aromatic N) is 3. The molecule has 9 nitrogen and oxygen atoms in total. The number of benzene rings is 1. The third-order valence-electron chi connectivity index (χ3n) is 8.94. The van der Waals surface area contributed by atoms with Crippen molar-refractivity contribution in [1.82, 2.24) is 24.5 Å². The SMILES string of the molecule is CC(C)[C@@H]1CN([C@@H](c2ccc3c(c2)nc([C@H](COC(C)(C)C(F)(F)F)N[S@+]([O-])C(C)(C)C)n3COCC[Si](C)(C)C)C2CC2)C(=O)N1. The van der Waals surface area contributed by atoms with Gasteiger partial charge in [0.15, 0.2) is 5.60 Å². The van der Waals surface area contributed by atoms with Gasteiger partial charge in [-0.1, -0.05) is 39.6 Å². The average molecular weight is 702 g/mol. The van der Waals surface area contributed by atoms with Crippen molar-refractivity contribution >= 4 is 36.5 Å². The van der Waals surface area contributed by atoms with Crippen LogP contribution in [-0.2, 0) is 27.6 Å². The van der Waals surface area contributed by atoms with E-state index in [9.17, 15) is 22.5 Å². The molecule has 1 aromatic carbocycles. The van der Waals surface area contributed by atoms with Gasteiger partial charge in [-0.05, 0) is 83.0 Å². The van der Waals surface area contributed by atoms with Gasteiger partial charge in [-0.3, -0.25) is 0 Å². The van der Waals surface area contributed by atoms with Crippen LogP contribution in [0.1, 0.15) is 84.8 Å². The Labute approximate surface area is 282 Å². The van der Waals surface area contributed by atoms with Crippen LogP contribution < -0.4 is 10.0 Å². The summed E-state index contributed by atoms with van der Waals surface area (Å²) in [7, 11) is -1.38. The Morgan fingerprint density at radius 1 is 1.15 bits per heavy atom. The first kappa shape index (κ1) is 38.0. The van der Waals surface area contributed by atoms with Gasteiger partial charge in [0.05, 0.1) is 29.7 Å². The number of urea groups is 1. The summed E-state index contributed by atoms with van der Waals surface area (Å²) in [5, 5.41) is 3.13. The summed E-state index contributed by atoms with van der Waals surface area (Å²) < 4.78 is 70.7. The second-order valence-electron chi connectivity index (χ2n) is 16.1. The standard InChI is InChI=1S/C33H54F3N5O4SSi/c1-21(2)25-18-40(30(42)38-25)28(22-11-12-22)23-13-14-27-24(17-23)37-29(41(27)20-44-15-16-47(8,9)10)26(39-46(43)31(3,4)5)19-45-32(6,7)33(34,35)36/h13-14,17,21-22,25-26,28,39H,11-12,15-16,18-20H2,1-10H3,(H,38,42)/t25-,26-,28+,46+/m0/s1.